The second-order valence-electron chi connectivity index (χ2n) is 6.54. The predicted molar refractivity (Wildman–Crippen MR) is 119 cm³/mol. The van der Waals surface area contributed by atoms with E-state index in [-0.39, 0.29) is 0 Å². The number of methoxy groups -OCH3 is 1. The van der Waals surface area contributed by atoms with Crippen molar-refractivity contribution in [3.05, 3.63) is 81.1 Å². The molecular formula is C23H17N3O3S. The van der Waals surface area contributed by atoms with Gasteiger partial charge < -0.3 is 14.5 Å². The summed E-state index contributed by atoms with van der Waals surface area (Å²) in [7, 11) is 1.62. The molecule has 0 saturated carbocycles. The lowest BCUT2D eigenvalue weighted by Crippen LogP contribution is -1.98. The molecule has 2 aromatic heterocycles. The highest BCUT2D eigenvalue weighted by Gasteiger charge is 2.10. The van der Waals surface area contributed by atoms with Crippen LogP contribution in [0.3, 0.4) is 0 Å². The highest BCUT2D eigenvalue weighted by atomic mass is 32.1. The summed E-state index contributed by atoms with van der Waals surface area (Å²) in [4.78, 5) is 16.2. The molecule has 6 nitrogen and oxygen atoms in total. The normalized spacial score (nSPS) is 11.3. The smallest absolute Gasteiger partial charge is 0.336 e. The van der Waals surface area contributed by atoms with Gasteiger partial charge in [0.15, 0.2) is 0 Å². The van der Waals surface area contributed by atoms with Crippen LogP contribution in [0.2, 0.25) is 0 Å². The molecule has 0 unspecified atom stereocenters. The predicted octanol–water partition coefficient (Wildman–Crippen LogP) is 5.21. The van der Waals surface area contributed by atoms with Crippen LogP contribution in [0.15, 0.2) is 69.3 Å². The third-order valence-electron chi connectivity index (χ3n) is 4.56. The third-order valence-corrected chi connectivity index (χ3v) is 5.43. The number of fused-ring (bicyclic) bond motifs is 1. The lowest BCUT2D eigenvalue weighted by molar-refractivity contribution is 0.415. The molecule has 2 aromatic carbocycles. The van der Waals surface area contributed by atoms with Gasteiger partial charge in [0.2, 0.25) is 0 Å². The fourth-order valence-electron chi connectivity index (χ4n) is 3.02. The van der Waals surface area contributed by atoms with Gasteiger partial charge in [0, 0.05) is 40.3 Å². The van der Waals surface area contributed by atoms with Crippen LogP contribution in [-0.4, -0.2) is 12.1 Å². The van der Waals surface area contributed by atoms with E-state index in [1.165, 1.54) is 17.4 Å². The van der Waals surface area contributed by atoms with Crippen molar-refractivity contribution in [1.82, 2.24) is 4.98 Å². The largest absolute Gasteiger partial charge is 0.497 e. The molecule has 0 saturated heterocycles. The van der Waals surface area contributed by atoms with Crippen molar-refractivity contribution in [3.8, 4) is 23.1 Å². The Hall–Kier alpha value is -3.89. The molecule has 0 fully saturated rings. The van der Waals surface area contributed by atoms with E-state index in [2.05, 4.69) is 16.4 Å². The average molecular weight is 415 g/mol. The summed E-state index contributed by atoms with van der Waals surface area (Å²) >= 11 is 1.39. The second kappa shape index (κ2) is 8.23. The summed E-state index contributed by atoms with van der Waals surface area (Å²) < 4.78 is 10.5. The van der Waals surface area contributed by atoms with Crippen LogP contribution in [0, 0.1) is 18.3 Å². The topological polar surface area (TPSA) is 88.1 Å². The maximum absolute atomic E-state index is 11.6. The Morgan fingerprint density at radius 1 is 1.27 bits per heavy atom. The number of aryl methyl sites for hydroxylation is 1. The molecule has 148 valence electrons. The summed E-state index contributed by atoms with van der Waals surface area (Å²) in [6, 6.07) is 16.7. The molecule has 2 heterocycles. The highest BCUT2D eigenvalue weighted by molar-refractivity contribution is 7.11. The molecule has 0 atom stereocenters. The summed E-state index contributed by atoms with van der Waals surface area (Å²) in [6.45, 7) is 1.86. The first-order chi connectivity index (χ1) is 14.6. The molecule has 0 aliphatic heterocycles. The Balaban J connectivity index is 1.60. The molecule has 30 heavy (non-hydrogen) atoms. The second-order valence-corrected chi connectivity index (χ2v) is 7.40. The monoisotopic (exact) mass is 415 g/mol. The van der Waals surface area contributed by atoms with Gasteiger partial charge in [-0.3, -0.25) is 0 Å². The maximum atomic E-state index is 11.6. The fraction of sp³-hybridized carbons (Fsp3) is 0.0870. The number of thiazole rings is 1. The van der Waals surface area contributed by atoms with Crippen molar-refractivity contribution >= 4 is 33.6 Å². The Kier molecular flexibility index (Phi) is 5.33. The van der Waals surface area contributed by atoms with Gasteiger partial charge in [-0.1, -0.05) is 12.1 Å². The lowest BCUT2D eigenvalue weighted by Gasteiger charge is -2.05. The first-order valence-corrected chi connectivity index (χ1v) is 9.97. The summed E-state index contributed by atoms with van der Waals surface area (Å²) in [5.74, 6) is 0.748. The van der Waals surface area contributed by atoms with Gasteiger partial charge in [0.1, 0.15) is 28.0 Å². The van der Waals surface area contributed by atoms with Gasteiger partial charge in [-0.2, -0.15) is 5.26 Å². The number of hydrogen-bond acceptors (Lipinski definition) is 7. The number of nitrogens with one attached hydrogen (secondary N) is 1. The number of anilines is 1. The molecule has 0 radical (unpaired) electrons. The van der Waals surface area contributed by atoms with Gasteiger partial charge in [-0.15, -0.1) is 11.3 Å². The van der Waals surface area contributed by atoms with Crippen LogP contribution in [0.5, 0.6) is 5.75 Å². The minimum atomic E-state index is -0.390. The third kappa shape index (κ3) is 3.95. The van der Waals surface area contributed by atoms with Crippen molar-refractivity contribution in [2.75, 3.05) is 12.4 Å². The van der Waals surface area contributed by atoms with Crippen molar-refractivity contribution in [1.29, 1.82) is 5.26 Å². The van der Waals surface area contributed by atoms with Crippen molar-refractivity contribution in [2.45, 2.75) is 6.92 Å². The number of nitrogens with zero attached hydrogens (tertiary/aromatic N) is 2. The van der Waals surface area contributed by atoms with E-state index in [4.69, 9.17) is 9.15 Å². The molecule has 0 bridgehead atoms. The van der Waals surface area contributed by atoms with Gasteiger partial charge in [-0.05, 0) is 36.8 Å². The zero-order valence-electron chi connectivity index (χ0n) is 16.3. The van der Waals surface area contributed by atoms with E-state index >= 15 is 0 Å². The number of rotatable bonds is 5. The van der Waals surface area contributed by atoms with Crippen molar-refractivity contribution in [2.24, 2.45) is 0 Å². The van der Waals surface area contributed by atoms with Crippen LogP contribution >= 0.6 is 11.3 Å². The molecule has 0 amide bonds. The minimum absolute atomic E-state index is 0.390. The number of ether oxygens (including phenoxy) is 1. The van der Waals surface area contributed by atoms with Crippen molar-refractivity contribution in [3.63, 3.8) is 0 Å². The van der Waals surface area contributed by atoms with Crippen molar-refractivity contribution < 1.29 is 9.15 Å². The van der Waals surface area contributed by atoms with Gasteiger partial charge >= 0.3 is 5.63 Å². The molecule has 0 aliphatic rings. The Bertz CT molecular complexity index is 1360. The zero-order chi connectivity index (χ0) is 21.1. The molecule has 7 heteroatoms. The quantitative estimate of drug-likeness (QED) is 0.356. The summed E-state index contributed by atoms with van der Waals surface area (Å²) in [6.07, 6.45) is 1.60. The molecule has 0 aliphatic carbocycles. The summed E-state index contributed by atoms with van der Waals surface area (Å²) in [5.41, 5.74) is 3.76. The van der Waals surface area contributed by atoms with Crippen LogP contribution in [-0.2, 0) is 0 Å². The highest BCUT2D eigenvalue weighted by Crippen LogP contribution is 2.28. The average Bonchev–Trinajstić information content (AvgIpc) is 3.24. The van der Waals surface area contributed by atoms with Gasteiger partial charge in [-0.25, -0.2) is 9.78 Å². The zero-order valence-corrected chi connectivity index (χ0v) is 17.1. The van der Waals surface area contributed by atoms with Crippen LogP contribution < -0.4 is 15.7 Å². The molecule has 0 spiro atoms. The molecule has 4 aromatic rings. The van der Waals surface area contributed by atoms with E-state index in [1.54, 1.807) is 19.4 Å². The minimum Gasteiger partial charge on any atom is -0.497 e. The van der Waals surface area contributed by atoms with Crippen LogP contribution in [0.4, 0.5) is 5.69 Å². The first-order valence-electron chi connectivity index (χ1n) is 9.09. The van der Waals surface area contributed by atoms with E-state index in [9.17, 15) is 10.1 Å². The fourth-order valence-corrected chi connectivity index (χ4v) is 3.82. The standard InChI is InChI=1S/C23H17N3O3S/c1-14-8-22(27)29-21-10-17(6-7-19(14)21)25-12-16(11-24)23-26-20(13-30-23)15-4-3-5-18(9-15)28-2/h3-10,12-13,25H,1-2H3/b16-12-. The van der Waals surface area contributed by atoms with Gasteiger partial charge in [0.05, 0.1) is 12.8 Å². The van der Waals surface area contributed by atoms with E-state index in [1.807, 2.05) is 48.7 Å². The number of nitriles is 1. The Morgan fingerprint density at radius 2 is 2.13 bits per heavy atom. The number of benzene rings is 2. The number of aromatic nitrogens is 1. The molecule has 4 rings (SSSR count). The van der Waals surface area contributed by atoms with E-state index in [0.29, 0.717) is 21.9 Å². The van der Waals surface area contributed by atoms with Crippen LogP contribution in [0.25, 0.3) is 27.8 Å². The summed E-state index contributed by atoms with van der Waals surface area (Å²) in [5, 5.41) is 16.1. The van der Waals surface area contributed by atoms with Gasteiger partial charge in [0.25, 0.3) is 0 Å². The first kappa shape index (κ1) is 19.4. The van der Waals surface area contributed by atoms with E-state index < -0.39 is 5.63 Å². The lowest BCUT2D eigenvalue weighted by atomic mass is 10.1. The number of hydrogen-bond donors (Lipinski definition) is 1. The Labute approximate surface area is 176 Å². The maximum Gasteiger partial charge on any atom is 0.336 e. The Morgan fingerprint density at radius 3 is 2.93 bits per heavy atom. The van der Waals surface area contributed by atoms with Crippen LogP contribution in [0.1, 0.15) is 10.6 Å². The van der Waals surface area contributed by atoms with E-state index in [0.717, 1.165) is 28.0 Å². The SMILES string of the molecule is COc1cccc(-c2csc(/C(C#N)=C\Nc3ccc4c(C)cc(=O)oc4c3)n2)c1. The molecule has 1 N–H and O–H groups in total. The molecular weight excluding hydrogens is 398 g/mol. The number of allylic oxidation sites excluding steroid dienone is 1.